The smallest absolute Gasteiger partial charge is 0.174 e. The molecule has 0 atom stereocenters. The Morgan fingerprint density at radius 3 is 2.78 bits per heavy atom. The van der Waals surface area contributed by atoms with Gasteiger partial charge < -0.3 is 5.32 Å². The summed E-state index contributed by atoms with van der Waals surface area (Å²) >= 11 is 0. The summed E-state index contributed by atoms with van der Waals surface area (Å²) in [6.45, 7) is 2.97. The van der Waals surface area contributed by atoms with Gasteiger partial charge in [-0.15, -0.1) is 0 Å². The van der Waals surface area contributed by atoms with E-state index in [2.05, 4.69) is 34.5 Å². The minimum atomic E-state index is 0.911. The molecule has 1 aliphatic heterocycles. The molecule has 2 aromatic rings. The van der Waals surface area contributed by atoms with Crippen molar-refractivity contribution in [2.45, 2.75) is 13.3 Å². The van der Waals surface area contributed by atoms with Gasteiger partial charge in [-0.1, -0.05) is 30.3 Å². The standard InChI is InChI=1S/C14H16N4/c1-10-8-9-15-13-12(11-6-4-3-5-7-11)17-18(2)14(13)16-10/h3-7,15H,8-9H2,1-2H3. The minimum absolute atomic E-state index is 0.911. The number of aromatic nitrogens is 2. The Labute approximate surface area is 106 Å². The topological polar surface area (TPSA) is 42.2 Å². The van der Waals surface area contributed by atoms with Crippen LogP contribution < -0.4 is 5.32 Å². The first-order valence-corrected chi connectivity index (χ1v) is 6.16. The van der Waals surface area contributed by atoms with Gasteiger partial charge in [-0.2, -0.15) is 5.10 Å². The lowest BCUT2D eigenvalue weighted by molar-refractivity contribution is 0.773. The Morgan fingerprint density at radius 1 is 1.22 bits per heavy atom. The number of nitrogens with one attached hydrogen (secondary N) is 1. The number of benzene rings is 1. The van der Waals surface area contributed by atoms with Crippen molar-refractivity contribution < 1.29 is 0 Å². The Kier molecular flexibility index (Phi) is 2.63. The molecule has 3 rings (SSSR count). The van der Waals surface area contributed by atoms with Crippen LogP contribution in [-0.2, 0) is 7.05 Å². The van der Waals surface area contributed by atoms with Crippen molar-refractivity contribution in [3.63, 3.8) is 0 Å². The van der Waals surface area contributed by atoms with Gasteiger partial charge in [0.1, 0.15) is 11.4 Å². The highest BCUT2D eigenvalue weighted by Gasteiger charge is 2.18. The lowest BCUT2D eigenvalue weighted by Crippen LogP contribution is -2.03. The van der Waals surface area contributed by atoms with Crippen LogP contribution in [0.2, 0.25) is 0 Å². The maximum Gasteiger partial charge on any atom is 0.174 e. The highest BCUT2D eigenvalue weighted by Crippen LogP contribution is 2.36. The van der Waals surface area contributed by atoms with Gasteiger partial charge >= 0.3 is 0 Å². The fraction of sp³-hybridized carbons (Fsp3) is 0.286. The Balaban J connectivity index is 2.17. The van der Waals surface area contributed by atoms with Crippen molar-refractivity contribution in [1.29, 1.82) is 0 Å². The SMILES string of the molecule is CC1=Nc2c(c(-c3ccccc3)nn2C)NCC1. The van der Waals surface area contributed by atoms with Crippen LogP contribution in [0.15, 0.2) is 35.3 Å². The molecule has 0 spiro atoms. The number of aliphatic imine (C=N–C) groups is 1. The second-order valence-corrected chi connectivity index (χ2v) is 4.56. The Hall–Kier alpha value is -2.10. The third-order valence-electron chi connectivity index (χ3n) is 3.15. The van der Waals surface area contributed by atoms with E-state index >= 15 is 0 Å². The molecule has 0 saturated carbocycles. The van der Waals surface area contributed by atoms with Crippen molar-refractivity contribution in [3.8, 4) is 11.3 Å². The lowest BCUT2D eigenvalue weighted by Gasteiger charge is -2.04. The molecule has 0 amide bonds. The third kappa shape index (κ3) is 1.79. The lowest BCUT2D eigenvalue weighted by atomic mass is 10.1. The molecule has 0 bridgehead atoms. The van der Waals surface area contributed by atoms with Gasteiger partial charge in [-0.25, -0.2) is 9.67 Å². The molecule has 0 fully saturated rings. The molecule has 4 heteroatoms. The van der Waals surface area contributed by atoms with Gasteiger partial charge in [0.05, 0.1) is 0 Å². The first-order valence-electron chi connectivity index (χ1n) is 6.16. The molecule has 18 heavy (non-hydrogen) atoms. The Morgan fingerprint density at radius 2 is 2.00 bits per heavy atom. The number of nitrogens with zero attached hydrogens (tertiary/aromatic N) is 3. The van der Waals surface area contributed by atoms with Gasteiger partial charge in [0.2, 0.25) is 0 Å². The predicted molar refractivity (Wildman–Crippen MR) is 74.5 cm³/mol. The van der Waals surface area contributed by atoms with Crippen LogP contribution in [0.3, 0.4) is 0 Å². The summed E-state index contributed by atoms with van der Waals surface area (Å²) in [4.78, 5) is 4.64. The van der Waals surface area contributed by atoms with Gasteiger partial charge in [0.15, 0.2) is 5.82 Å². The first kappa shape index (κ1) is 11.0. The molecule has 0 aliphatic carbocycles. The molecule has 1 aliphatic rings. The van der Waals surface area contributed by atoms with Gasteiger partial charge in [0, 0.05) is 31.3 Å². The number of hydrogen-bond acceptors (Lipinski definition) is 3. The molecule has 0 unspecified atom stereocenters. The van der Waals surface area contributed by atoms with Gasteiger partial charge in [-0.05, 0) is 6.92 Å². The molecule has 4 nitrogen and oxygen atoms in total. The van der Waals surface area contributed by atoms with E-state index in [9.17, 15) is 0 Å². The fourth-order valence-corrected chi connectivity index (χ4v) is 2.21. The number of aryl methyl sites for hydroxylation is 1. The average molecular weight is 240 g/mol. The molecular formula is C14H16N4. The van der Waals surface area contributed by atoms with Crippen molar-refractivity contribution in [1.82, 2.24) is 9.78 Å². The van der Waals surface area contributed by atoms with E-state index in [0.717, 1.165) is 41.4 Å². The van der Waals surface area contributed by atoms with E-state index in [4.69, 9.17) is 0 Å². The van der Waals surface area contributed by atoms with Gasteiger partial charge in [0.25, 0.3) is 0 Å². The van der Waals surface area contributed by atoms with Crippen LogP contribution in [0.5, 0.6) is 0 Å². The van der Waals surface area contributed by atoms with Crippen LogP contribution in [0.1, 0.15) is 13.3 Å². The fourth-order valence-electron chi connectivity index (χ4n) is 2.21. The number of anilines is 1. The summed E-state index contributed by atoms with van der Waals surface area (Å²) in [7, 11) is 1.94. The Bertz CT molecular complexity index is 596. The van der Waals surface area contributed by atoms with Crippen molar-refractivity contribution in [3.05, 3.63) is 30.3 Å². The van der Waals surface area contributed by atoms with E-state index in [0.29, 0.717) is 0 Å². The van der Waals surface area contributed by atoms with Crippen LogP contribution in [0, 0.1) is 0 Å². The average Bonchev–Trinajstić information content (AvgIpc) is 2.58. The second-order valence-electron chi connectivity index (χ2n) is 4.56. The van der Waals surface area contributed by atoms with Crippen molar-refractivity contribution in [2.24, 2.45) is 12.0 Å². The highest BCUT2D eigenvalue weighted by molar-refractivity contribution is 5.91. The summed E-state index contributed by atoms with van der Waals surface area (Å²) < 4.78 is 1.85. The largest absolute Gasteiger partial charge is 0.380 e. The van der Waals surface area contributed by atoms with Crippen molar-refractivity contribution in [2.75, 3.05) is 11.9 Å². The van der Waals surface area contributed by atoms with Crippen LogP contribution in [0.25, 0.3) is 11.3 Å². The third-order valence-corrected chi connectivity index (χ3v) is 3.15. The zero-order valence-corrected chi connectivity index (χ0v) is 10.6. The molecule has 2 heterocycles. The summed E-state index contributed by atoms with van der Waals surface area (Å²) in [5.41, 5.74) is 4.28. The second kappa shape index (κ2) is 4.29. The monoisotopic (exact) mass is 240 g/mol. The molecule has 0 radical (unpaired) electrons. The molecule has 1 aromatic heterocycles. The van der Waals surface area contributed by atoms with Crippen LogP contribution in [-0.4, -0.2) is 22.0 Å². The van der Waals surface area contributed by atoms with Crippen LogP contribution in [0.4, 0.5) is 11.5 Å². The van der Waals surface area contributed by atoms with E-state index < -0.39 is 0 Å². The predicted octanol–water partition coefficient (Wildman–Crippen LogP) is 3.00. The summed E-state index contributed by atoms with van der Waals surface area (Å²) in [5, 5.41) is 8.03. The normalized spacial score (nSPS) is 14.4. The summed E-state index contributed by atoms with van der Waals surface area (Å²) in [5.74, 6) is 0.920. The number of rotatable bonds is 1. The highest BCUT2D eigenvalue weighted by atomic mass is 15.3. The van der Waals surface area contributed by atoms with E-state index in [-0.39, 0.29) is 0 Å². The van der Waals surface area contributed by atoms with E-state index in [1.807, 2.05) is 29.9 Å². The van der Waals surface area contributed by atoms with Crippen LogP contribution >= 0.6 is 0 Å². The molecule has 0 saturated heterocycles. The first-order chi connectivity index (χ1) is 8.75. The summed E-state index contributed by atoms with van der Waals surface area (Å²) in [6, 6.07) is 10.2. The summed E-state index contributed by atoms with van der Waals surface area (Å²) in [6.07, 6.45) is 0.975. The number of fused-ring (bicyclic) bond motifs is 1. The maximum atomic E-state index is 4.64. The van der Waals surface area contributed by atoms with E-state index in [1.165, 1.54) is 0 Å². The number of hydrogen-bond donors (Lipinski definition) is 1. The molecule has 1 aromatic carbocycles. The van der Waals surface area contributed by atoms with E-state index in [1.54, 1.807) is 0 Å². The van der Waals surface area contributed by atoms with Gasteiger partial charge in [-0.3, -0.25) is 0 Å². The zero-order chi connectivity index (χ0) is 12.5. The molecule has 92 valence electrons. The molecular weight excluding hydrogens is 224 g/mol. The molecule has 1 N–H and O–H groups in total. The van der Waals surface area contributed by atoms with Crippen molar-refractivity contribution >= 4 is 17.2 Å². The maximum absolute atomic E-state index is 4.64. The quantitative estimate of drug-likeness (QED) is 0.832. The minimum Gasteiger partial charge on any atom is -0.380 e. The zero-order valence-electron chi connectivity index (χ0n) is 10.6.